The second kappa shape index (κ2) is 7.80. The first-order valence-electron chi connectivity index (χ1n) is 9.37. The van der Waals surface area contributed by atoms with Crippen molar-refractivity contribution in [1.82, 2.24) is 10.3 Å². The number of carbonyl (C=O) groups is 1. The number of nitrogens with one attached hydrogen (secondary N) is 1. The minimum Gasteiger partial charge on any atom is -0.354 e. The smallest absolute Gasteiger partial charge is 0.241 e. The zero-order valence-electron chi connectivity index (χ0n) is 15.9. The van der Waals surface area contributed by atoms with Crippen molar-refractivity contribution in [3.8, 4) is 0 Å². The molecule has 1 aliphatic rings. The van der Waals surface area contributed by atoms with E-state index in [0.717, 1.165) is 24.1 Å². The Morgan fingerprint density at radius 1 is 1.15 bits per heavy atom. The molecule has 0 spiro atoms. The van der Waals surface area contributed by atoms with Gasteiger partial charge in [0.05, 0.1) is 4.90 Å². The molecule has 0 saturated heterocycles. The van der Waals surface area contributed by atoms with E-state index in [0.29, 0.717) is 31.4 Å². The predicted molar refractivity (Wildman–Crippen MR) is 105 cm³/mol. The van der Waals surface area contributed by atoms with Gasteiger partial charge in [-0.3, -0.25) is 9.78 Å². The number of amides is 1. The zero-order valence-corrected chi connectivity index (χ0v) is 16.7. The molecule has 144 valence electrons. The van der Waals surface area contributed by atoms with Gasteiger partial charge in [-0.1, -0.05) is 31.0 Å². The molecule has 1 heterocycles. The fourth-order valence-electron chi connectivity index (χ4n) is 3.78. The van der Waals surface area contributed by atoms with Crippen molar-refractivity contribution in [3.05, 3.63) is 59.4 Å². The van der Waals surface area contributed by atoms with Gasteiger partial charge in [-0.05, 0) is 56.0 Å². The largest absolute Gasteiger partial charge is 0.354 e. The SMILES string of the molecule is Cc1ccc(C)c(S(=O)(=O)C2(C(=O)NCCc3ccccn3)CCCC2)c1. The van der Waals surface area contributed by atoms with Crippen molar-refractivity contribution in [3.63, 3.8) is 0 Å². The maximum atomic E-state index is 13.5. The molecule has 1 amide bonds. The number of pyridine rings is 1. The van der Waals surface area contributed by atoms with Crippen molar-refractivity contribution >= 4 is 15.7 Å². The highest BCUT2D eigenvalue weighted by Crippen LogP contribution is 2.41. The fourth-order valence-corrected chi connectivity index (χ4v) is 6.18. The molecule has 1 fully saturated rings. The summed E-state index contributed by atoms with van der Waals surface area (Å²) in [5.74, 6) is -0.378. The number of aromatic nitrogens is 1. The molecule has 0 unspecified atom stereocenters. The highest BCUT2D eigenvalue weighted by molar-refractivity contribution is 7.93. The van der Waals surface area contributed by atoms with Crippen LogP contribution in [0.25, 0.3) is 0 Å². The lowest BCUT2D eigenvalue weighted by Crippen LogP contribution is -2.51. The van der Waals surface area contributed by atoms with Gasteiger partial charge in [0.2, 0.25) is 5.91 Å². The molecule has 0 atom stereocenters. The minimum absolute atomic E-state index is 0.282. The van der Waals surface area contributed by atoms with E-state index in [4.69, 9.17) is 0 Å². The summed E-state index contributed by atoms with van der Waals surface area (Å²) < 4.78 is 25.7. The maximum Gasteiger partial charge on any atom is 0.241 e. The fraction of sp³-hybridized carbons (Fsp3) is 0.429. The Morgan fingerprint density at radius 3 is 2.56 bits per heavy atom. The highest BCUT2D eigenvalue weighted by atomic mass is 32.2. The number of benzene rings is 1. The minimum atomic E-state index is -3.78. The first-order valence-corrected chi connectivity index (χ1v) is 10.9. The van der Waals surface area contributed by atoms with Crippen LogP contribution in [0.2, 0.25) is 0 Å². The molecule has 0 bridgehead atoms. The van der Waals surface area contributed by atoms with Gasteiger partial charge >= 0.3 is 0 Å². The molecule has 1 aromatic heterocycles. The molecule has 1 N–H and O–H groups in total. The maximum absolute atomic E-state index is 13.5. The van der Waals surface area contributed by atoms with E-state index in [1.165, 1.54) is 0 Å². The monoisotopic (exact) mass is 386 g/mol. The van der Waals surface area contributed by atoms with E-state index >= 15 is 0 Å². The van der Waals surface area contributed by atoms with Crippen LogP contribution in [0, 0.1) is 13.8 Å². The average molecular weight is 387 g/mol. The van der Waals surface area contributed by atoms with Crippen LogP contribution in [0.15, 0.2) is 47.5 Å². The van der Waals surface area contributed by atoms with Crippen LogP contribution in [0.5, 0.6) is 0 Å². The number of sulfone groups is 1. The van der Waals surface area contributed by atoms with Gasteiger partial charge in [-0.2, -0.15) is 0 Å². The molecule has 6 heteroatoms. The van der Waals surface area contributed by atoms with Crippen LogP contribution in [0.3, 0.4) is 0 Å². The van der Waals surface area contributed by atoms with E-state index in [9.17, 15) is 13.2 Å². The molecule has 2 aromatic rings. The Balaban J connectivity index is 1.84. The van der Waals surface area contributed by atoms with Crippen LogP contribution in [0.4, 0.5) is 0 Å². The van der Waals surface area contributed by atoms with Crippen LogP contribution < -0.4 is 5.32 Å². The topological polar surface area (TPSA) is 76.1 Å². The quantitative estimate of drug-likeness (QED) is 0.827. The third-order valence-electron chi connectivity index (χ3n) is 5.37. The van der Waals surface area contributed by atoms with Crippen molar-refractivity contribution in [2.24, 2.45) is 0 Å². The average Bonchev–Trinajstić information content (AvgIpc) is 3.16. The summed E-state index contributed by atoms with van der Waals surface area (Å²) in [6.07, 6.45) is 4.53. The van der Waals surface area contributed by atoms with Gasteiger partial charge in [-0.25, -0.2) is 8.42 Å². The lowest BCUT2D eigenvalue weighted by Gasteiger charge is -2.28. The van der Waals surface area contributed by atoms with Gasteiger partial charge in [0.15, 0.2) is 14.6 Å². The molecule has 1 saturated carbocycles. The van der Waals surface area contributed by atoms with Crippen molar-refractivity contribution < 1.29 is 13.2 Å². The Labute approximate surface area is 161 Å². The van der Waals surface area contributed by atoms with E-state index in [1.54, 1.807) is 19.2 Å². The standard InChI is InChI=1S/C21H26N2O3S/c1-16-8-9-17(2)19(15-16)27(25,26)21(11-4-5-12-21)20(24)23-14-10-18-7-3-6-13-22-18/h3,6-9,13,15H,4-5,10-12,14H2,1-2H3,(H,23,24). The number of hydrogen-bond acceptors (Lipinski definition) is 4. The Hall–Kier alpha value is -2.21. The van der Waals surface area contributed by atoms with Crippen LogP contribution >= 0.6 is 0 Å². The molecule has 3 rings (SSSR count). The Morgan fingerprint density at radius 2 is 1.89 bits per heavy atom. The third-order valence-corrected chi connectivity index (χ3v) is 8.01. The molecule has 0 aliphatic heterocycles. The molecule has 1 aromatic carbocycles. The molecule has 27 heavy (non-hydrogen) atoms. The van der Waals surface area contributed by atoms with Gasteiger partial charge in [-0.15, -0.1) is 0 Å². The van der Waals surface area contributed by atoms with Crippen molar-refractivity contribution in [2.75, 3.05) is 6.54 Å². The molecular formula is C21H26N2O3S. The highest BCUT2D eigenvalue weighted by Gasteiger charge is 2.53. The number of carbonyl (C=O) groups excluding carboxylic acids is 1. The Kier molecular flexibility index (Phi) is 5.65. The predicted octanol–water partition coefficient (Wildman–Crippen LogP) is 3.14. The van der Waals surface area contributed by atoms with Crippen molar-refractivity contribution in [2.45, 2.75) is 55.6 Å². The van der Waals surface area contributed by atoms with Gasteiger partial charge in [0.25, 0.3) is 0 Å². The van der Waals surface area contributed by atoms with Crippen LogP contribution in [0.1, 0.15) is 42.5 Å². The lowest BCUT2D eigenvalue weighted by molar-refractivity contribution is -0.123. The Bertz CT molecular complexity index is 918. The van der Waals surface area contributed by atoms with Crippen LogP contribution in [-0.4, -0.2) is 30.6 Å². The second-order valence-corrected chi connectivity index (χ2v) is 9.53. The molecule has 1 aliphatic carbocycles. The summed E-state index contributed by atoms with van der Waals surface area (Å²) in [7, 11) is -3.78. The number of hydrogen-bond donors (Lipinski definition) is 1. The van der Waals surface area contributed by atoms with Gasteiger partial charge < -0.3 is 5.32 Å². The lowest BCUT2D eigenvalue weighted by atomic mass is 10.1. The van der Waals surface area contributed by atoms with E-state index in [1.807, 2.05) is 37.3 Å². The summed E-state index contributed by atoms with van der Waals surface area (Å²) in [4.78, 5) is 17.6. The number of rotatable bonds is 6. The van der Waals surface area contributed by atoms with Crippen LogP contribution in [-0.2, 0) is 21.1 Å². The molecule has 5 nitrogen and oxygen atoms in total. The summed E-state index contributed by atoms with van der Waals surface area (Å²) in [6.45, 7) is 4.03. The number of nitrogens with zero attached hydrogens (tertiary/aromatic N) is 1. The normalized spacial score (nSPS) is 16.2. The zero-order chi connectivity index (χ0) is 19.5. The third kappa shape index (κ3) is 3.76. The van der Waals surface area contributed by atoms with E-state index in [2.05, 4.69) is 10.3 Å². The summed E-state index contributed by atoms with van der Waals surface area (Å²) in [5, 5.41) is 2.87. The first-order chi connectivity index (χ1) is 12.9. The summed E-state index contributed by atoms with van der Waals surface area (Å²) >= 11 is 0. The van der Waals surface area contributed by atoms with E-state index < -0.39 is 14.6 Å². The first kappa shape index (κ1) is 19.5. The van der Waals surface area contributed by atoms with Gasteiger partial charge in [0.1, 0.15) is 0 Å². The second-order valence-electron chi connectivity index (χ2n) is 7.30. The summed E-state index contributed by atoms with van der Waals surface area (Å²) in [6, 6.07) is 11.0. The van der Waals surface area contributed by atoms with Crippen molar-refractivity contribution in [1.29, 1.82) is 0 Å². The molecular weight excluding hydrogens is 360 g/mol. The molecule has 0 radical (unpaired) electrons. The number of aryl methyl sites for hydroxylation is 2. The van der Waals surface area contributed by atoms with Gasteiger partial charge in [0, 0.05) is 24.9 Å². The van der Waals surface area contributed by atoms with E-state index in [-0.39, 0.29) is 10.8 Å². The summed E-state index contributed by atoms with van der Waals surface area (Å²) in [5.41, 5.74) is 2.44.